The zero-order valence-corrected chi connectivity index (χ0v) is 12.3. The molecule has 0 bridgehead atoms. The first-order valence-electron chi connectivity index (χ1n) is 4.39. The molecule has 1 aliphatic rings. The zero-order chi connectivity index (χ0) is 13.6. The van der Waals surface area contributed by atoms with E-state index in [2.05, 4.69) is 10.5 Å². The number of aliphatic hydroxyl groups is 4. The van der Waals surface area contributed by atoms with E-state index >= 15 is 0 Å². The fourth-order valence-electron chi connectivity index (χ4n) is 0.823. The quantitative estimate of drug-likeness (QED) is 0.246. The Balaban J connectivity index is 0. The van der Waals surface area contributed by atoms with Crippen LogP contribution in [0.4, 0.5) is 0 Å². The number of carboxylic acids is 1. The number of carbonyl (C=O) groups excluding carboxylic acids is 1. The molecule has 0 aliphatic carbocycles. The summed E-state index contributed by atoms with van der Waals surface area (Å²) in [4.78, 5) is 19.8. The SMILES string of the molecule is NCC(=O)O.O=C1OC(C(O)CO)C(O)=C1O.[Zn+2]. The van der Waals surface area contributed by atoms with Gasteiger partial charge in [0.25, 0.3) is 0 Å². The Bertz CT molecular complexity index is 331. The molecular weight excluding hydrogens is 303 g/mol. The van der Waals surface area contributed by atoms with Gasteiger partial charge in [-0.1, -0.05) is 0 Å². The number of nitrogens with two attached hydrogens (primary N) is 1. The summed E-state index contributed by atoms with van der Waals surface area (Å²) in [5.41, 5.74) is 4.57. The fourth-order valence-corrected chi connectivity index (χ4v) is 0.823. The molecule has 0 aromatic carbocycles. The number of rotatable bonds is 3. The summed E-state index contributed by atoms with van der Waals surface area (Å²) in [6.07, 6.45) is -2.78. The van der Waals surface area contributed by atoms with E-state index < -0.39 is 42.3 Å². The second kappa shape index (κ2) is 8.81. The molecule has 1 heterocycles. The van der Waals surface area contributed by atoms with Crippen molar-refractivity contribution in [3.05, 3.63) is 11.5 Å². The Kier molecular flexibility index (Phi) is 9.37. The molecule has 0 aromatic rings. The number of carbonyl (C=O) groups is 2. The topological polar surface area (TPSA) is 171 Å². The molecule has 0 saturated carbocycles. The Morgan fingerprint density at radius 1 is 1.44 bits per heavy atom. The van der Waals surface area contributed by atoms with Crippen LogP contribution in [0.5, 0.6) is 0 Å². The van der Waals surface area contributed by atoms with E-state index in [4.69, 9.17) is 25.5 Å². The molecule has 0 fully saturated rings. The van der Waals surface area contributed by atoms with E-state index in [1.54, 1.807) is 0 Å². The predicted octanol–water partition coefficient (Wildman–Crippen LogP) is -2.38. The van der Waals surface area contributed by atoms with Crippen LogP contribution in [0.1, 0.15) is 0 Å². The molecule has 1 rings (SSSR count). The van der Waals surface area contributed by atoms with Gasteiger partial charge in [-0.15, -0.1) is 0 Å². The van der Waals surface area contributed by atoms with E-state index in [0.29, 0.717) is 0 Å². The molecule has 10 heteroatoms. The minimum atomic E-state index is -1.42. The van der Waals surface area contributed by atoms with Crippen molar-refractivity contribution in [3.63, 3.8) is 0 Å². The number of aliphatic hydroxyl groups excluding tert-OH is 4. The van der Waals surface area contributed by atoms with Gasteiger partial charge in [0.05, 0.1) is 13.2 Å². The average molecular weight is 317 g/mol. The summed E-state index contributed by atoms with van der Waals surface area (Å²) in [7, 11) is 0. The molecular formula is C8H13NO8Zn+2. The third-order valence-corrected chi connectivity index (χ3v) is 1.65. The van der Waals surface area contributed by atoms with Gasteiger partial charge in [-0.25, -0.2) is 4.79 Å². The van der Waals surface area contributed by atoms with Crippen molar-refractivity contribution < 1.29 is 59.3 Å². The summed E-state index contributed by atoms with van der Waals surface area (Å²) in [5, 5.41) is 42.6. The third-order valence-electron chi connectivity index (χ3n) is 1.65. The van der Waals surface area contributed by atoms with Gasteiger partial charge in [0, 0.05) is 0 Å². The largest absolute Gasteiger partial charge is 2.00 e. The van der Waals surface area contributed by atoms with Crippen LogP contribution in [0.3, 0.4) is 0 Å². The maximum absolute atomic E-state index is 10.5. The van der Waals surface area contributed by atoms with Gasteiger partial charge >= 0.3 is 31.4 Å². The van der Waals surface area contributed by atoms with E-state index in [0.717, 1.165) is 0 Å². The van der Waals surface area contributed by atoms with Crippen molar-refractivity contribution in [1.82, 2.24) is 0 Å². The van der Waals surface area contributed by atoms with Crippen molar-refractivity contribution in [2.24, 2.45) is 5.73 Å². The van der Waals surface area contributed by atoms with Crippen molar-refractivity contribution in [2.45, 2.75) is 12.2 Å². The van der Waals surface area contributed by atoms with Crippen LogP contribution < -0.4 is 5.73 Å². The molecule has 9 nitrogen and oxygen atoms in total. The monoisotopic (exact) mass is 315 g/mol. The Hall–Kier alpha value is -1.22. The molecule has 0 spiro atoms. The summed E-state index contributed by atoms with van der Waals surface area (Å²) in [6.45, 7) is -0.949. The van der Waals surface area contributed by atoms with Crippen molar-refractivity contribution >= 4 is 11.9 Å². The zero-order valence-electron chi connectivity index (χ0n) is 9.31. The van der Waals surface area contributed by atoms with E-state index in [-0.39, 0.29) is 26.0 Å². The number of ether oxygens (including phenoxy) is 1. The predicted molar refractivity (Wildman–Crippen MR) is 51.9 cm³/mol. The first kappa shape index (κ1) is 19.1. The molecule has 0 saturated heterocycles. The average Bonchev–Trinajstić information content (AvgIpc) is 2.56. The van der Waals surface area contributed by atoms with E-state index in [1.807, 2.05) is 0 Å². The Labute approximate surface area is 114 Å². The second-order valence-electron chi connectivity index (χ2n) is 2.91. The molecule has 98 valence electrons. The molecule has 1 aliphatic heterocycles. The van der Waals surface area contributed by atoms with Crippen LogP contribution in [0, 0.1) is 0 Å². The van der Waals surface area contributed by atoms with Crippen molar-refractivity contribution in [2.75, 3.05) is 13.2 Å². The Morgan fingerprint density at radius 3 is 2.11 bits per heavy atom. The molecule has 2 atom stereocenters. The standard InChI is InChI=1S/C6H8O6.C2H5NO2.Zn/c7-1-2(8)5-3(9)4(10)6(11)12-5;3-1-2(4)5;/h2,5,7-10H,1H2;1,3H2,(H,4,5);/q;;+2. The molecule has 0 amide bonds. The van der Waals surface area contributed by atoms with Crippen LogP contribution in [-0.4, -0.2) is 62.8 Å². The number of hydrogen-bond donors (Lipinski definition) is 6. The minimum Gasteiger partial charge on any atom is -0.505 e. The first-order valence-corrected chi connectivity index (χ1v) is 4.39. The van der Waals surface area contributed by atoms with E-state index in [1.165, 1.54) is 0 Å². The summed E-state index contributed by atoms with van der Waals surface area (Å²) in [5.74, 6) is -3.75. The number of cyclic esters (lactones) is 1. The maximum Gasteiger partial charge on any atom is 2.00 e. The number of esters is 1. The molecule has 2 unspecified atom stereocenters. The summed E-state index contributed by atoms with van der Waals surface area (Å²) in [6, 6.07) is 0. The molecule has 7 N–H and O–H groups in total. The fraction of sp³-hybridized carbons (Fsp3) is 0.500. The summed E-state index contributed by atoms with van der Waals surface area (Å²) < 4.78 is 4.32. The maximum atomic E-state index is 10.5. The smallest absolute Gasteiger partial charge is 0.505 e. The Morgan fingerprint density at radius 2 is 1.89 bits per heavy atom. The number of aliphatic carboxylic acids is 1. The van der Waals surface area contributed by atoms with Crippen LogP contribution in [-0.2, 0) is 33.8 Å². The van der Waals surface area contributed by atoms with Crippen LogP contribution in [0.15, 0.2) is 11.5 Å². The number of carboxylic acid groups (broad SMARTS) is 1. The normalized spacial score (nSPS) is 19.3. The number of hydrogen-bond acceptors (Lipinski definition) is 8. The minimum absolute atomic E-state index is 0. The van der Waals surface area contributed by atoms with Crippen molar-refractivity contribution in [3.8, 4) is 0 Å². The van der Waals surface area contributed by atoms with Crippen LogP contribution in [0.2, 0.25) is 0 Å². The molecule has 0 aromatic heterocycles. The van der Waals surface area contributed by atoms with Crippen LogP contribution >= 0.6 is 0 Å². The van der Waals surface area contributed by atoms with Gasteiger partial charge in [0.1, 0.15) is 6.10 Å². The first-order chi connectivity index (χ1) is 7.84. The van der Waals surface area contributed by atoms with Gasteiger partial charge in [0.15, 0.2) is 11.9 Å². The van der Waals surface area contributed by atoms with Crippen molar-refractivity contribution in [1.29, 1.82) is 0 Å². The third kappa shape index (κ3) is 5.41. The van der Waals surface area contributed by atoms with Gasteiger partial charge in [-0.05, 0) is 0 Å². The molecule has 18 heavy (non-hydrogen) atoms. The molecule has 0 radical (unpaired) electrons. The van der Waals surface area contributed by atoms with E-state index in [9.17, 15) is 9.59 Å². The summed E-state index contributed by atoms with van der Waals surface area (Å²) >= 11 is 0. The second-order valence-corrected chi connectivity index (χ2v) is 2.91. The van der Waals surface area contributed by atoms with Crippen LogP contribution in [0.25, 0.3) is 0 Å². The van der Waals surface area contributed by atoms with Gasteiger partial charge in [-0.2, -0.15) is 0 Å². The van der Waals surface area contributed by atoms with Gasteiger partial charge in [-0.3, -0.25) is 4.79 Å². The van der Waals surface area contributed by atoms with Gasteiger partial charge in [0.2, 0.25) is 5.76 Å². The van der Waals surface area contributed by atoms with Gasteiger partial charge < -0.3 is 36.0 Å².